The van der Waals surface area contributed by atoms with Gasteiger partial charge < -0.3 is 0 Å². The first-order valence-electron chi connectivity index (χ1n) is 7.63. The highest BCUT2D eigenvalue weighted by molar-refractivity contribution is 7.36. The Balaban J connectivity index is 0.000000221. The van der Waals surface area contributed by atoms with E-state index in [4.69, 9.17) is 0 Å². The van der Waals surface area contributed by atoms with E-state index in [0.29, 0.717) is 0 Å². The first-order chi connectivity index (χ1) is 9.88. The fourth-order valence-electron chi connectivity index (χ4n) is 1.99. The van der Waals surface area contributed by atoms with Crippen molar-refractivity contribution in [2.75, 3.05) is 12.8 Å². The van der Waals surface area contributed by atoms with Crippen LogP contribution >= 0.6 is 8.58 Å². The minimum atomic E-state index is 1.17. The summed E-state index contributed by atoms with van der Waals surface area (Å²) in [6.07, 6.45) is 7.18. The monoisotopic (exact) mass is 286 g/mol. The van der Waals surface area contributed by atoms with Gasteiger partial charge in [0.1, 0.15) is 0 Å². The molecule has 0 aromatic heterocycles. The van der Waals surface area contributed by atoms with Crippen molar-refractivity contribution in [1.29, 1.82) is 0 Å². The SMILES string of the molecule is CCCCCCPC.c1ccc(-c2ccccc2)cc1. The van der Waals surface area contributed by atoms with Gasteiger partial charge in [-0.2, -0.15) is 0 Å². The maximum atomic E-state index is 2.28. The quantitative estimate of drug-likeness (QED) is 0.436. The van der Waals surface area contributed by atoms with E-state index < -0.39 is 0 Å². The minimum absolute atomic E-state index is 1.17. The molecule has 0 fully saturated rings. The van der Waals surface area contributed by atoms with Crippen LogP contribution in [0.25, 0.3) is 11.1 Å². The lowest BCUT2D eigenvalue weighted by Crippen LogP contribution is -1.76. The number of hydrogen-bond donors (Lipinski definition) is 0. The summed E-state index contributed by atoms with van der Waals surface area (Å²) < 4.78 is 0. The minimum Gasteiger partial charge on any atom is -0.125 e. The van der Waals surface area contributed by atoms with Crippen molar-refractivity contribution in [3.8, 4) is 11.1 Å². The molecule has 1 heteroatoms. The van der Waals surface area contributed by atoms with Crippen LogP contribution in [0.1, 0.15) is 32.6 Å². The summed E-state index contributed by atoms with van der Waals surface area (Å²) in [7, 11) is 1.17. The first kappa shape index (κ1) is 16.9. The molecule has 0 aliphatic rings. The van der Waals surface area contributed by atoms with Gasteiger partial charge in [0.05, 0.1) is 0 Å². The molecule has 2 rings (SSSR count). The van der Waals surface area contributed by atoms with Crippen molar-refractivity contribution in [3.63, 3.8) is 0 Å². The molecule has 0 saturated carbocycles. The van der Waals surface area contributed by atoms with Crippen LogP contribution < -0.4 is 0 Å². The van der Waals surface area contributed by atoms with Gasteiger partial charge in [-0.05, 0) is 30.4 Å². The molecule has 0 saturated heterocycles. The van der Waals surface area contributed by atoms with Gasteiger partial charge in [0.15, 0.2) is 0 Å². The smallest absolute Gasteiger partial charge is 0.0184 e. The Morgan fingerprint density at radius 3 is 1.60 bits per heavy atom. The summed E-state index contributed by atoms with van der Waals surface area (Å²) in [5, 5.41) is 0. The molecule has 0 bridgehead atoms. The number of unbranched alkanes of at least 4 members (excludes halogenated alkanes) is 3. The molecular weight excluding hydrogens is 259 g/mol. The molecule has 0 radical (unpaired) electrons. The van der Waals surface area contributed by atoms with Crippen LogP contribution in [0.4, 0.5) is 0 Å². The van der Waals surface area contributed by atoms with Gasteiger partial charge in [0, 0.05) is 0 Å². The molecule has 1 unspecified atom stereocenters. The van der Waals surface area contributed by atoms with Crippen molar-refractivity contribution in [1.82, 2.24) is 0 Å². The highest BCUT2D eigenvalue weighted by atomic mass is 31.1. The second-order valence-corrected chi connectivity index (χ2v) is 6.10. The standard InChI is InChI=1S/C12H10.C7H17P/c1-3-7-11(8-4-1)12-9-5-2-6-10-12;1-3-4-5-6-7-8-2/h1-10H;8H,3-7H2,1-2H3. The van der Waals surface area contributed by atoms with Gasteiger partial charge in [0.2, 0.25) is 0 Å². The number of hydrogen-bond acceptors (Lipinski definition) is 0. The van der Waals surface area contributed by atoms with Crippen molar-refractivity contribution in [2.24, 2.45) is 0 Å². The maximum absolute atomic E-state index is 2.28. The van der Waals surface area contributed by atoms with Gasteiger partial charge >= 0.3 is 0 Å². The van der Waals surface area contributed by atoms with E-state index in [1.54, 1.807) is 0 Å². The molecule has 2 aromatic carbocycles. The average molecular weight is 286 g/mol. The molecule has 20 heavy (non-hydrogen) atoms. The Hall–Kier alpha value is -1.13. The van der Waals surface area contributed by atoms with E-state index in [0.717, 1.165) is 0 Å². The van der Waals surface area contributed by atoms with E-state index >= 15 is 0 Å². The maximum Gasteiger partial charge on any atom is -0.0184 e. The fraction of sp³-hybridized carbons (Fsp3) is 0.368. The van der Waals surface area contributed by atoms with Crippen LogP contribution in [0.5, 0.6) is 0 Å². The lowest BCUT2D eigenvalue weighted by atomic mass is 10.1. The molecule has 2 aromatic rings. The van der Waals surface area contributed by atoms with Crippen molar-refractivity contribution in [3.05, 3.63) is 60.7 Å². The topological polar surface area (TPSA) is 0 Å². The van der Waals surface area contributed by atoms with Crippen LogP contribution in [-0.4, -0.2) is 12.8 Å². The summed E-state index contributed by atoms with van der Waals surface area (Å²) in [6.45, 7) is 4.54. The summed E-state index contributed by atoms with van der Waals surface area (Å²) in [6, 6.07) is 20.8. The van der Waals surface area contributed by atoms with Gasteiger partial charge in [-0.25, -0.2) is 0 Å². The third kappa shape index (κ3) is 7.46. The largest absolute Gasteiger partial charge is 0.125 e. The summed E-state index contributed by atoms with van der Waals surface area (Å²) in [5.41, 5.74) is 2.55. The van der Waals surface area contributed by atoms with Crippen molar-refractivity contribution >= 4 is 8.58 Å². The highest BCUT2D eigenvalue weighted by Gasteiger charge is 1.91. The van der Waals surface area contributed by atoms with Gasteiger partial charge in [-0.15, -0.1) is 8.58 Å². The van der Waals surface area contributed by atoms with E-state index in [1.165, 1.54) is 51.6 Å². The predicted molar refractivity (Wildman–Crippen MR) is 95.1 cm³/mol. The lowest BCUT2D eigenvalue weighted by Gasteiger charge is -1.98. The molecule has 0 amide bonds. The Kier molecular flexibility index (Phi) is 9.88. The van der Waals surface area contributed by atoms with Crippen molar-refractivity contribution in [2.45, 2.75) is 32.6 Å². The molecule has 0 aliphatic carbocycles. The number of benzene rings is 2. The molecule has 108 valence electrons. The molecule has 0 aliphatic heterocycles. The summed E-state index contributed by atoms with van der Waals surface area (Å²) >= 11 is 0. The Labute approximate surface area is 126 Å². The zero-order valence-corrected chi connectivity index (χ0v) is 13.8. The van der Waals surface area contributed by atoms with E-state index in [2.05, 4.69) is 62.1 Å². The molecule has 1 atom stereocenters. The Morgan fingerprint density at radius 1 is 0.700 bits per heavy atom. The van der Waals surface area contributed by atoms with Crippen molar-refractivity contribution < 1.29 is 0 Å². The summed E-state index contributed by atoms with van der Waals surface area (Å²) in [4.78, 5) is 0. The zero-order valence-electron chi connectivity index (χ0n) is 12.8. The van der Waals surface area contributed by atoms with Crippen LogP contribution in [0.3, 0.4) is 0 Å². The second-order valence-electron chi connectivity index (χ2n) is 4.90. The molecule has 0 N–H and O–H groups in total. The van der Waals surface area contributed by atoms with Gasteiger partial charge in [-0.1, -0.05) is 86.8 Å². The van der Waals surface area contributed by atoms with E-state index in [-0.39, 0.29) is 0 Å². The third-order valence-electron chi connectivity index (χ3n) is 3.16. The highest BCUT2D eigenvalue weighted by Crippen LogP contribution is 2.17. The number of rotatable bonds is 6. The van der Waals surface area contributed by atoms with Crippen LogP contribution in [0, 0.1) is 0 Å². The van der Waals surface area contributed by atoms with E-state index in [9.17, 15) is 0 Å². The molecular formula is C19H27P. The average Bonchev–Trinajstić information content (AvgIpc) is 2.54. The van der Waals surface area contributed by atoms with Crippen LogP contribution in [-0.2, 0) is 0 Å². The first-order valence-corrected chi connectivity index (χ1v) is 9.34. The lowest BCUT2D eigenvalue weighted by molar-refractivity contribution is 0.706. The molecule has 0 nitrogen and oxygen atoms in total. The molecule has 0 heterocycles. The second kappa shape index (κ2) is 11.7. The Morgan fingerprint density at radius 2 is 1.20 bits per heavy atom. The predicted octanol–water partition coefficient (Wildman–Crippen LogP) is 6.23. The fourth-order valence-corrected chi connectivity index (χ4v) is 2.59. The van der Waals surface area contributed by atoms with Crippen LogP contribution in [0.15, 0.2) is 60.7 Å². The van der Waals surface area contributed by atoms with Gasteiger partial charge in [0.25, 0.3) is 0 Å². The zero-order chi connectivity index (χ0) is 14.5. The molecule has 0 spiro atoms. The normalized spacial score (nSPS) is 10.3. The van der Waals surface area contributed by atoms with Crippen LogP contribution in [0.2, 0.25) is 0 Å². The Bertz CT molecular complexity index is 379. The third-order valence-corrected chi connectivity index (χ3v) is 4.01. The summed E-state index contributed by atoms with van der Waals surface area (Å²) in [5.74, 6) is 0. The van der Waals surface area contributed by atoms with E-state index in [1.807, 2.05) is 12.1 Å². The van der Waals surface area contributed by atoms with Gasteiger partial charge in [-0.3, -0.25) is 0 Å².